The minimum Gasteiger partial charge on any atom is -0.351 e. The molecule has 1 amide bonds. The third-order valence-electron chi connectivity index (χ3n) is 3.32. The maximum atomic E-state index is 12.6. The Hall–Kier alpha value is -1.04. The third kappa shape index (κ3) is 3.49. The van der Waals surface area contributed by atoms with Crippen LogP contribution >= 0.6 is 15.9 Å². The fourth-order valence-electron chi connectivity index (χ4n) is 1.65. The number of carbonyl (C=O) groups excluding carboxylic acids is 1. The zero-order valence-electron chi connectivity index (χ0n) is 10.3. The monoisotopic (exact) mass is 335 g/mol. The second-order valence-corrected chi connectivity index (χ2v) is 6.04. The first-order valence-corrected chi connectivity index (χ1v) is 6.66. The van der Waals surface area contributed by atoms with E-state index in [4.69, 9.17) is 0 Å². The lowest BCUT2D eigenvalue weighted by molar-refractivity contribution is -0.137. The highest BCUT2D eigenvalue weighted by atomic mass is 79.9. The van der Waals surface area contributed by atoms with E-state index in [9.17, 15) is 18.0 Å². The van der Waals surface area contributed by atoms with Gasteiger partial charge in [-0.05, 0) is 52.4 Å². The van der Waals surface area contributed by atoms with Gasteiger partial charge in [0, 0.05) is 11.0 Å². The van der Waals surface area contributed by atoms with Gasteiger partial charge in [0.15, 0.2) is 0 Å². The molecule has 0 spiro atoms. The van der Waals surface area contributed by atoms with E-state index in [0.29, 0.717) is 11.0 Å². The number of carbonyl (C=O) groups is 1. The first kappa shape index (κ1) is 14.4. The van der Waals surface area contributed by atoms with E-state index in [2.05, 4.69) is 21.2 Å². The number of rotatable bonds is 3. The predicted molar refractivity (Wildman–Crippen MR) is 68.8 cm³/mol. The molecule has 1 saturated carbocycles. The Labute approximate surface area is 117 Å². The number of amides is 1. The van der Waals surface area contributed by atoms with Gasteiger partial charge in [-0.1, -0.05) is 6.92 Å². The molecule has 2 rings (SSSR count). The van der Waals surface area contributed by atoms with Crippen molar-refractivity contribution < 1.29 is 18.0 Å². The maximum absolute atomic E-state index is 12.6. The Morgan fingerprint density at radius 2 is 2.05 bits per heavy atom. The summed E-state index contributed by atoms with van der Waals surface area (Å²) in [6.45, 7) is 2.53. The van der Waals surface area contributed by atoms with Crippen LogP contribution < -0.4 is 5.32 Å². The van der Waals surface area contributed by atoms with Crippen LogP contribution in [-0.4, -0.2) is 12.5 Å². The molecule has 0 saturated heterocycles. The zero-order valence-corrected chi connectivity index (χ0v) is 11.9. The zero-order chi connectivity index (χ0) is 14.3. The van der Waals surface area contributed by atoms with Gasteiger partial charge >= 0.3 is 6.18 Å². The van der Waals surface area contributed by atoms with Crippen molar-refractivity contribution in [2.75, 3.05) is 6.54 Å². The molecule has 104 valence electrons. The summed E-state index contributed by atoms with van der Waals surface area (Å²) in [5.74, 6) is -0.480. The molecule has 0 aliphatic heterocycles. The van der Waals surface area contributed by atoms with Gasteiger partial charge < -0.3 is 5.32 Å². The summed E-state index contributed by atoms with van der Waals surface area (Å²) in [4.78, 5) is 11.9. The van der Waals surface area contributed by atoms with E-state index in [-0.39, 0.29) is 11.0 Å². The van der Waals surface area contributed by atoms with E-state index in [0.717, 1.165) is 25.0 Å². The molecule has 0 heterocycles. The smallest absolute Gasteiger partial charge is 0.351 e. The topological polar surface area (TPSA) is 29.1 Å². The summed E-state index contributed by atoms with van der Waals surface area (Å²) >= 11 is 3.11. The normalized spacial score (nSPS) is 17.1. The van der Waals surface area contributed by atoms with Gasteiger partial charge in [0.25, 0.3) is 5.91 Å². The minimum absolute atomic E-state index is 0.0130. The van der Waals surface area contributed by atoms with E-state index in [1.165, 1.54) is 6.07 Å². The quantitative estimate of drug-likeness (QED) is 0.888. The summed E-state index contributed by atoms with van der Waals surface area (Å²) in [6.07, 6.45) is -2.37. The fraction of sp³-hybridized carbons (Fsp3) is 0.462. The molecule has 0 aromatic heterocycles. The largest absolute Gasteiger partial charge is 0.416 e. The second kappa shape index (κ2) is 4.81. The van der Waals surface area contributed by atoms with Crippen LogP contribution in [0, 0.1) is 5.41 Å². The maximum Gasteiger partial charge on any atom is 0.416 e. The van der Waals surface area contributed by atoms with Crippen molar-refractivity contribution >= 4 is 21.8 Å². The van der Waals surface area contributed by atoms with Crippen LogP contribution in [0.1, 0.15) is 35.7 Å². The van der Waals surface area contributed by atoms with E-state index < -0.39 is 17.6 Å². The predicted octanol–water partition coefficient (Wildman–Crippen LogP) is 4.00. The Bertz CT molecular complexity index is 509. The van der Waals surface area contributed by atoms with Gasteiger partial charge in [-0.3, -0.25) is 4.79 Å². The number of hydrogen-bond acceptors (Lipinski definition) is 1. The molecule has 1 N–H and O–H groups in total. The van der Waals surface area contributed by atoms with Crippen LogP contribution in [0.3, 0.4) is 0 Å². The molecule has 0 unspecified atom stereocenters. The summed E-state index contributed by atoms with van der Waals surface area (Å²) in [7, 11) is 0. The Balaban J connectivity index is 2.15. The van der Waals surface area contributed by atoms with E-state index >= 15 is 0 Å². The molecule has 19 heavy (non-hydrogen) atoms. The van der Waals surface area contributed by atoms with Crippen LogP contribution in [-0.2, 0) is 6.18 Å². The summed E-state index contributed by atoms with van der Waals surface area (Å²) in [5, 5.41) is 2.68. The van der Waals surface area contributed by atoms with Crippen molar-refractivity contribution in [2.24, 2.45) is 5.41 Å². The highest BCUT2D eigenvalue weighted by Crippen LogP contribution is 2.44. The van der Waals surface area contributed by atoms with Crippen molar-refractivity contribution in [3.8, 4) is 0 Å². The molecule has 0 bridgehead atoms. The average molecular weight is 336 g/mol. The van der Waals surface area contributed by atoms with Gasteiger partial charge in [-0.25, -0.2) is 0 Å². The molecule has 1 aliphatic carbocycles. The Kier molecular flexibility index (Phi) is 3.64. The number of alkyl halides is 3. The van der Waals surface area contributed by atoms with Crippen molar-refractivity contribution in [1.82, 2.24) is 5.32 Å². The first-order valence-electron chi connectivity index (χ1n) is 5.86. The molecule has 2 nitrogen and oxygen atoms in total. The molecule has 1 aliphatic rings. The third-order valence-corrected chi connectivity index (χ3v) is 4.01. The molecular weight excluding hydrogens is 323 g/mol. The van der Waals surface area contributed by atoms with Crippen LogP contribution in [0.5, 0.6) is 0 Å². The summed E-state index contributed by atoms with van der Waals surface area (Å²) in [5.41, 5.74) is -0.693. The standard InChI is InChI=1S/C13H13BrF3NO/c1-12(4-5-12)7-18-11(19)9-6-8(13(15,16)17)2-3-10(9)14/h2-3,6H,4-5,7H2,1H3,(H,18,19). The second-order valence-electron chi connectivity index (χ2n) is 5.19. The average Bonchev–Trinajstić information content (AvgIpc) is 3.04. The SMILES string of the molecule is CC1(CNC(=O)c2cc(C(F)(F)F)ccc2Br)CC1. The first-order chi connectivity index (χ1) is 8.71. The number of hydrogen-bond donors (Lipinski definition) is 1. The van der Waals surface area contributed by atoms with Crippen molar-refractivity contribution in [3.05, 3.63) is 33.8 Å². The Morgan fingerprint density at radius 1 is 1.42 bits per heavy atom. The molecule has 6 heteroatoms. The number of nitrogens with one attached hydrogen (secondary N) is 1. The minimum atomic E-state index is -4.45. The molecule has 1 aromatic carbocycles. The Morgan fingerprint density at radius 3 is 2.58 bits per heavy atom. The summed E-state index contributed by atoms with van der Waals surface area (Å²) in [6, 6.07) is 3.06. The van der Waals surface area contributed by atoms with Gasteiger partial charge in [-0.2, -0.15) is 13.2 Å². The van der Waals surface area contributed by atoms with Gasteiger partial charge in [0.1, 0.15) is 0 Å². The molecule has 0 radical (unpaired) electrons. The van der Waals surface area contributed by atoms with Gasteiger partial charge in [0.05, 0.1) is 11.1 Å². The highest BCUT2D eigenvalue weighted by Gasteiger charge is 2.37. The van der Waals surface area contributed by atoms with Gasteiger partial charge in [0.2, 0.25) is 0 Å². The molecular formula is C13H13BrF3NO. The van der Waals surface area contributed by atoms with Crippen LogP contribution in [0.15, 0.2) is 22.7 Å². The van der Waals surface area contributed by atoms with Crippen molar-refractivity contribution in [2.45, 2.75) is 25.9 Å². The van der Waals surface area contributed by atoms with E-state index in [1.807, 2.05) is 6.92 Å². The van der Waals surface area contributed by atoms with Crippen LogP contribution in [0.2, 0.25) is 0 Å². The molecule has 1 fully saturated rings. The lowest BCUT2D eigenvalue weighted by Crippen LogP contribution is -2.29. The number of halogens is 4. The van der Waals surface area contributed by atoms with Crippen molar-refractivity contribution in [1.29, 1.82) is 0 Å². The van der Waals surface area contributed by atoms with Crippen LogP contribution in [0.25, 0.3) is 0 Å². The van der Waals surface area contributed by atoms with Gasteiger partial charge in [-0.15, -0.1) is 0 Å². The fourth-order valence-corrected chi connectivity index (χ4v) is 2.08. The van der Waals surface area contributed by atoms with E-state index in [1.54, 1.807) is 0 Å². The lowest BCUT2D eigenvalue weighted by atomic mass is 10.1. The summed E-state index contributed by atoms with van der Waals surface area (Å²) < 4.78 is 38.2. The molecule has 1 aromatic rings. The number of benzene rings is 1. The van der Waals surface area contributed by atoms with Crippen molar-refractivity contribution in [3.63, 3.8) is 0 Å². The van der Waals surface area contributed by atoms with Crippen LogP contribution in [0.4, 0.5) is 13.2 Å². The molecule has 0 atom stereocenters. The highest BCUT2D eigenvalue weighted by molar-refractivity contribution is 9.10. The lowest BCUT2D eigenvalue weighted by Gasteiger charge is -2.13.